The molecule has 2 aromatic carbocycles. The van der Waals surface area contributed by atoms with Crippen LogP contribution in [0.5, 0.6) is 0 Å². The number of esters is 1. The molecule has 2 N–H and O–H groups in total. The Morgan fingerprint density at radius 2 is 2.14 bits per heavy atom. The molecule has 2 aromatic rings. The van der Waals surface area contributed by atoms with E-state index in [1.54, 1.807) is 24.3 Å². The lowest BCUT2D eigenvalue weighted by atomic mass is 10.1. The summed E-state index contributed by atoms with van der Waals surface area (Å²) in [6.07, 6.45) is 0. The lowest BCUT2D eigenvalue weighted by Gasteiger charge is -2.08. The van der Waals surface area contributed by atoms with Crippen LogP contribution in [0, 0.1) is 24.1 Å². The molecule has 0 radical (unpaired) electrons. The summed E-state index contributed by atoms with van der Waals surface area (Å²) in [5.41, 5.74) is 7.35. The number of nitrogen functional groups attached to an aromatic ring is 1. The number of carbonyl (C=O) groups excluding carboxylic acids is 1. The number of anilines is 1. The third-order valence-corrected chi connectivity index (χ3v) is 3.05. The van der Waals surface area contributed by atoms with Gasteiger partial charge in [-0.2, -0.15) is 5.26 Å². The summed E-state index contributed by atoms with van der Waals surface area (Å²) in [4.78, 5) is 11.9. The highest BCUT2D eigenvalue weighted by Crippen LogP contribution is 2.18. The second-order valence-electron chi connectivity index (χ2n) is 4.56. The minimum Gasteiger partial charge on any atom is -0.457 e. The van der Waals surface area contributed by atoms with Gasteiger partial charge in [-0.1, -0.05) is 12.1 Å². The molecule has 0 amide bonds. The second kappa shape index (κ2) is 6.06. The van der Waals surface area contributed by atoms with Gasteiger partial charge in [-0.15, -0.1) is 0 Å². The van der Waals surface area contributed by atoms with Crippen molar-refractivity contribution in [2.45, 2.75) is 13.5 Å². The summed E-state index contributed by atoms with van der Waals surface area (Å²) in [5.74, 6) is -1.21. The smallest absolute Gasteiger partial charge is 0.338 e. The Hall–Kier alpha value is -2.87. The molecule has 0 saturated carbocycles. The molecule has 106 valence electrons. The van der Waals surface area contributed by atoms with E-state index in [1.165, 1.54) is 13.0 Å². The van der Waals surface area contributed by atoms with Crippen LogP contribution in [0.2, 0.25) is 0 Å². The van der Waals surface area contributed by atoms with Crippen LogP contribution in [0.4, 0.5) is 10.1 Å². The van der Waals surface area contributed by atoms with Gasteiger partial charge in [0.05, 0.1) is 17.2 Å². The minimum atomic E-state index is -0.664. The molecule has 5 heteroatoms. The SMILES string of the molecule is Cc1c(N)cc(C(=O)OCc2cccc(C#N)c2)cc1F. The van der Waals surface area contributed by atoms with Crippen LogP contribution in [0.3, 0.4) is 0 Å². The highest BCUT2D eigenvalue weighted by Gasteiger charge is 2.12. The molecule has 0 aliphatic rings. The number of benzene rings is 2. The van der Waals surface area contributed by atoms with E-state index < -0.39 is 11.8 Å². The molecule has 4 nitrogen and oxygen atoms in total. The number of ether oxygens (including phenoxy) is 1. The minimum absolute atomic E-state index is 0.00372. The number of nitrogens with two attached hydrogens (primary N) is 1. The highest BCUT2D eigenvalue weighted by molar-refractivity contribution is 5.90. The van der Waals surface area contributed by atoms with Gasteiger partial charge in [0.15, 0.2) is 0 Å². The maximum atomic E-state index is 13.5. The lowest BCUT2D eigenvalue weighted by Crippen LogP contribution is -2.07. The van der Waals surface area contributed by atoms with Crippen molar-refractivity contribution in [3.63, 3.8) is 0 Å². The molecule has 0 spiro atoms. The van der Waals surface area contributed by atoms with Gasteiger partial charge in [0.25, 0.3) is 0 Å². The molecular weight excluding hydrogens is 271 g/mol. The van der Waals surface area contributed by atoms with E-state index in [4.69, 9.17) is 15.7 Å². The fourth-order valence-corrected chi connectivity index (χ4v) is 1.78. The van der Waals surface area contributed by atoms with Crippen molar-refractivity contribution in [1.29, 1.82) is 5.26 Å². The van der Waals surface area contributed by atoms with Gasteiger partial charge >= 0.3 is 5.97 Å². The molecule has 0 saturated heterocycles. The van der Waals surface area contributed by atoms with Crippen molar-refractivity contribution in [2.75, 3.05) is 5.73 Å². The van der Waals surface area contributed by atoms with Crippen molar-refractivity contribution in [3.05, 3.63) is 64.5 Å². The van der Waals surface area contributed by atoms with Gasteiger partial charge in [0.2, 0.25) is 0 Å². The summed E-state index contributed by atoms with van der Waals surface area (Å²) in [5, 5.41) is 8.79. The third kappa shape index (κ3) is 3.37. The van der Waals surface area contributed by atoms with Crippen LogP contribution in [0.1, 0.15) is 27.0 Å². The summed E-state index contributed by atoms with van der Waals surface area (Å²) >= 11 is 0. The van der Waals surface area contributed by atoms with E-state index in [0.29, 0.717) is 16.7 Å². The molecular formula is C16H13FN2O2. The first-order chi connectivity index (χ1) is 10.0. The summed E-state index contributed by atoms with van der Waals surface area (Å²) in [6.45, 7) is 1.54. The molecule has 0 bridgehead atoms. The fraction of sp³-hybridized carbons (Fsp3) is 0.125. The van der Waals surface area contributed by atoms with E-state index >= 15 is 0 Å². The average Bonchev–Trinajstić information content (AvgIpc) is 2.50. The van der Waals surface area contributed by atoms with Crippen LogP contribution >= 0.6 is 0 Å². The molecule has 0 unspecified atom stereocenters. The van der Waals surface area contributed by atoms with Gasteiger partial charge in [0.1, 0.15) is 12.4 Å². The van der Waals surface area contributed by atoms with Crippen molar-refractivity contribution in [3.8, 4) is 6.07 Å². The number of nitrogens with zero attached hydrogens (tertiary/aromatic N) is 1. The van der Waals surface area contributed by atoms with Crippen molar-refractivity contribution < 1.29 is 13.9 Å². The predicted octanol–water partition coefficient (Wildman–Crippen LogP) is 2.95. The quantitative estimate of drug-likeness (QED) is 0.694. The van der Waals surface area contributed by atoms with E-state index in [1.807, 2.05) is 6.07 Å². The fourth-order valence-electron chi connectivity index (χ4n) is 1.78. The highest BCUT2D eigenvalue weighted by atomic mass is 19.1. The van der Waals surface area contributed by atoms with E-state index in [2.05, 4.69) is 0 Å². The zero-order valence-electron chi connectivity index (χ0n) is 11.4. The Labute approximate surface area is 121 Å². The largest absolute Gasteiger partial charge is 0.457 e. The van der Waals surface area contributed by atoms with Crippen LogP contribution < -0.4 is 5.73 Å². The zero-order valence-corrected chi connectivity index (χ0v) is 11.4. The molecule has 2 rings (SSSR count). The van der Waals surface area contributed by atoms with E-state index in [0.717, 1.165) is 6.07 Å². The summed E-state index contributed by atoms with van der Waals surface area (Å²) in [6, 6.07) is 11.2. The van der Waals surface area contributed by atoms with E-state index in [-0.39, 0.29) is 17.9 Å². The average molecular weight is 284 g/mol. The van der Waals surface area contributed by atoms with Crippen LogP contribution in [0.15, 0.2) is 36.4 Å². The number of carbonyl (C=O) groups is 1. The third-order valence-electron chi connectivity index (χ3n) is 3.05. The topological polar surface area (TPSA) is 76.1 Å². The van der Waals surface area contributed by atoms with Gasteiger partial charge in [-0.3, -0.25) is 0 Å². The first-order valence-corrected chi connectivity index (χ1v) is 6.23. The van der Waals surface area contributed by atoms with Gasteiger partial charge in [-0.05, 0) is 36.8 Å². The monoisotopic (exact) mass is 284 g/mol. The standard InChI is InChI=1S/C16H13FN2O2/c1-10-14(17)6-13(7-15(10)19)16(20)21-9-12-4-2-3-11(5-12)8-18/h2-7H,9,19H2,1H3. The van der Waals surface area contributed by atoms with Crippen LogP contribution in [0.25, 0.3) is 0 Å². The number of hydrogen-bond donors (Lipinski definition) is 1. The van der Waals surface area contributed by atoms with E-state index in [9.17, 15) is 9.18 Å². The Morgan fingerprint density at radius 3 is 2.81 bits per heavy atom. The number of halogens is 1. The first kappa shape index (κ1) is 14.5. The van der Waals surface area contributed by atoms with Crippen molar-refractivity contribution in [2.24, 2.45) is 0 Å². The maximum absolute atomic E-state index is 13.5. The van der Waals surface area contributed by atoms with Gasteiger partial charge < -0.3 is 10.5 Å². The Morgan fingerprint density at radius 1 is 1.38 bits per heavy atom. The molecule has 0 aromatic heterocycles. The molecule has 21 heavy (non-hydrogen) atoms. The zero-order chi connectivity index (χ0) is 15.4. The van der Waals surface area contributed by atoms with Gasteiger partial charge in [-0.25, -0.2) is 9.18 Å². The summed E-state index contributed by atoms with van der Waals surface area (Å²) < 4.78 is 18.6. The molecule has 0 atom stereocenters. The Bertz CT molecular complexity index is 712. The Kier molecular flexibility index (Phi) is 4.19. The molecule has 0 heterocycles. The van der Waals surface area contributed by atoms with Crippen molar-refractivity contribution >= 4 is 11.7 Å². The molecule has 0 aliphatic carbocycles. The predicted molar refractivity (Wildman–Crippen MR) is 75.8 cm³/mol. The second-order valence-corrected chi connectivity index (χ2v) is 4.56. The first-order valence-electron chi connectivity index (χ1n) is 6.23. The lowest BCUT2D eigenvalue weighted by molar-refractivity contribution is 0.0472. The number of rotatable bonds is 3. The molecule has 0 fully saturated rings. The van der Waals surface area contributed by atoms with Gasteiger partial charge in [0, 0.05) is 11.3 Å². The Balaban J connectivity index is 2.10. The van der Waals surface area contributed by atoms with Crippen LogP contribution in [-0.2, 0) is 11.3 Å². The number of nitriles is 1. The van der Waals surface area contributed by atoms with Crippen LogP contribution in [-0.4, -0.2) is 5.97 Å². The molecule has 0 aliphatic heterocycles. The normalized spacial score (nSPS) is 9.95. The number of hydrogen-bond acceptors (Lipinski definition) is 4. The summed E-state index contributed by atoms with van der Waals surface area (Å²) in [7, 11) is 0. The maximum Gasteiger partial charge on any atom is 0.338 e. The van der Waals surface area contributed by atoms with Crippen molar-refractivity contribution in [1.82, 2.24) is 0 Å².